The smallest absolute Gasteiger partial charge is 0.257 e. The fourth-order valence-corrected chi connectivity index (χ4v) is 3.41. The predicted molar refractivity (Wildman–Crippen MR) is 114 cm³/mol. The van der Waals surface area contributed by atoms with Crippen LogP contribution in [0.3, 0.4) is 0 Å². The summed E-state index contributed by atoms with van der Waals surface area (Å²) < 4.78 is 16.3. The van der Waals surface area contributed by atoms with Crippen LogP contribution < -0.4 is 19.5 Å². The molecule has 30 heavy (non-hydrogen) atoms. The average molecular weight is 403 g/mol. The van der Waals surface area contributed by atoms with Crippen molar-refractivity contribution in [1.29, 1.82) is 0 Å². The molecule has 7 nitrogen and oxygen atoms in total. The maximum atomic E-state index is 12.5. The number of nitrogens with one attached hydrogen (secondary N) is 1. The number of amides is 1. The number of nitrogens with zero attached hydrogens (tertiary/aromatic N) is 2. The van der Waals surface area contributed by atoms with Crippen LogP contribution in [0.1, 0.15) is 11.1 Å². The quantitative estimate of drug-likeness (QED) is 0.631. The number of fused-ring (bicyclic) bond motifs is 1. The molecule has 3 aromatic rings. The first-order valence-electron chi connectivity index (χ1n) is 9.35. The van der Waals surface area contributed by atoms with Crippen LogP contribution in [0.25, 0.3) is 16.7 Å². The minimum Gasteiger partial charge on any atom is -0.493 e. The Bertz CT molecular complexity index is 1100. The van der Waals surface area contributed by atoms with E-state index in [1.807, 2.05) is 36.4 Å². The number of aromatic nitrogens is 2. The van der Waals surface area contributed by atoms with Gasteiger partial charge in [0, 0.05) is 35.3 Å². The van der Waals surface area contributed by atoms with Crippen molar-refractivity contribution in [3.05, 3.63) is 66.1 Å². The highest BCUT2D eigenvalue weighted by atomic mass is 16.5. The summed E-state index contributed by atoms with van der Waals surface area (Å²) in [6.45, 7) is 0. The van der Waals surface area contributed by atoms with Crippen molar-refractivity contribution < 1.29 is 19.0 Å². The van der Waals surface area contributed by atoms with E-state index in [-0.39, 0.29) is 5.91 Å². The zero-order chi connectivity index (χ0) is 21.1. The van der Waals surface area contributed by atoms with E-state index in [0.717, 1.165) is 22.3 Å². The highest BCUT2D eigenvalue weighted by Crippen LogP contribution is 2.42. The van der Waals surface area contributed by atoms with Gasteiger partial charge in [-0.15, -0.1) is 0 Å². The first kappa shape index (κ1) is 19.4. The Kier molecular flexibility index (Phi) is 5.34. The highest BCUT2D eigenvalue weighted by Gasteiger charge is 2.26. The van der Waals surface area contributed by atoms with E-state index >= 15 is 0 Å². The van der Waals surface area contributed by atoms with Crippen LogP contribution in [-0.2, 0) is 11.2 Å². The van der Waals surface area contributed by atoms with E-state index in [1.54, 1.807) is 39.9 Å². The first-order valence-corrected chi connectivity index (χ1v) is 9.35. The molecule has 0 radical (unpaired) electrons. The van der Waals surface area contributed by atoms with Gasteiger partial charge in [-0.1, -0.05) is 12.1 Å². The van der Waals surface area contributed by atoms with Gasteiger partial charge in [-0.05, 0) is 41.8 Å². The van der Waals surface area contributed by atoms with Gasteiger partial charge in [0.1, 0.15) is 5.82 Å². The maximum Gasteiger partial charge on any atom is 0.257 e. The second-order valence-corrected chi connectivity index (χ2v) is 6.67. The summed E-state index contributed by atoms with van der Waals surface area (Å²) in [6, 6.07) is 9.50. The number of anilines is 1. The summed E-state index contributed by atoms with van der Waals surface area (Å²) in [5.74, 6) is 2.01. The predicted octanol–water partition coefficient (Wildman–Crippen LogP) is 3.75. The number of pyridine rings is 2. The summed E-state index contributed by atoms with van der Waals surface area (Å²) in [5, 5.41) is 2.82. The number of carbonyl (C=O) groups is 1. The molecule has 0 aliphatic carbocycles. The van der Waals surface area contributed by atoms with E-state index in [0.29, 0.717) is 35.1 Å². The van der Waals surface area contributed by atoms with E-state index in [1.165, 1.54) is 0 Å². The fraction of sp³-hybridized carbons (Fsp3) is 0.174. The molecule has 0 fully saturated rings. The lowest BCUT2D eigenvalue weighted by molar-refractivity contribution is -0.110. The molecule has 3 heterocycles. The van der Waals surface area contributed by atoms with E-state index in [9.17, 15) is 4.79 Å². The van der Waals surface area contributed by atoms with Crippen LogP contribution in [0.4, 0.5) is 5.82 Å². The topological polar surface area (TPSA) is 82.6 Å². The maximum absolute atomic E-state index is 12.5. The molecule has 1 aliphatic rings. The Balaban J connectivity index is 1.74. The Morgan fingerprint density at radius 1 is 1.00 bits per heavy atom. The lowest BCUT2D eigenvalue weighted by atomic mass is 10.0. The Hall–Kier alpha value is -3.87. The first-order chi connectivity index (χ1) is 14.6. The molecule has 1 amide bonds. The van der Waals surface area contributed by atoms with Crippen molar-refractivity contribution in [3.8, 4) is 28.4 Å². The number of hydrogen-bond donors (Lipinski definition) is 1. The van der Waals surface area contributed by atoms with Crippen LogP contribution in [0, 0.1) is 0 Å². The van der Waals surface area contributed by atoms with E-state index in [4.69, 9.17) is 14.2 Å². The number of hydrogen-bond acceptors (Lipinski definition) is 6. The molecule has 152 valence electrons. The monoisotopic (exact) mass is 403 g/mol. The Morgan fingerprint density at radius 3 is 2.40 bits per heavy atom. The largest absolute Gasteiger partial charge is 0.493 e. The summed E-state index contributed by atoms with van der Waals surface area (Å²) in [7, 11) is 4.71. The average Bonchev–Trinajstić information content (AvgIpc) is 3.11. The van der Waals surface area contributed by atoms with Gasteiger partial charge in [0.05, 0.1) is 21.3 Å². The second-order valence-electron chi connectivity index (χ2n) is 6.67. The molecule has 4 rings (SSSR count). The molecule has 0 bridgehead atoms. The van der Waals surface area contributed by atoms with Crippen LogP contribution in [0.5, 0.6) is 17.2 Å². The van der Waals surface area contributed by atoms with Gasteiger partial charge in [-0.25, -0.2) is 4.98 Å². The summed E-state index contributed by atoms with van der Waals surface area (Å²) in [5.41, 5.74) is 4.05. The summed E-state index contributed by atoms with van der Waals surface area (Å²) in [6.07, 6.45) is 7.73. The third-order valence-electron chi connectivity index (χ3n) is 4.92. The Morgan fingerprint density at radius 2 is 1.77 bits per heavy atom. The number of ether oxygens (including phenoxy) is 3. The van der Waals surface area contributed by atoms with Crippen molar-refractivity contribution in [3.63, 3.8) is 0 Å². The van der Waals surface area contributed by atoms with Gasteiger partial charge >= 0.3 is 0 Å². The van der Waals surface area contributed by atoms with Crippen LogP contribution in [-0.4, -0.2) is 37.2 Å². The van der Waals surface area contributed by atoms with Crippen molar-refractivity contribution in [2.24, 2.45) is 0 Å². The van der Waals surface area contributed by atoms with Crippen LogP contribution in [0.15, 0.2) is 55.0 Å². The van der Waals surface area contributed by atoms with Crippen molar-refractivity contribution in [1.82, 2.24) is 9.97 Å². The van der Waals surface area contributed by atoms with Crippen molar-refractivity contribution in [2.45, 2.75) is 6.42 Å². The van der Waals surface area contributed by atoms with Crippen LogP contribution >= 0.6 is 0 Å². The van der Waals surface area contributed by atoms with E-state index < -0.39 is 0 Å². The van der Waals surface area contributed by atoms with Gasteiger partial charge in [-0.3, -0.25) is 9.78 Å². The third-order valence-corrected chi connectivity index (χ3v) is 4.92. The molecule has 7 heteroatoms. The van der Waals surface area contributed by atoms with Gasteiger partial charge in [-0.2, -0.15) is 0 Å². The van der Waals surface area contributed by atoms with Crippen molar-refractivity contribution in [2.75, 3.05) is 26.6 Å². The molecule has 1 aromatic carbocycles. The summed E-state index contributed by atoms with van der Waals surface area (Å²) >= 11 is 0. The van der Waals surface area contributed by atoms with E-state index in [2.05, 4.69) is 15.3 Å². The minimum atomic E-state index is -0.163. The highest BCUT2D eigenvalue weighted by molar-refractivity contribution is 6.31. The Labute approximate surface area is 174 Å². The number of allylic oxidation sites excluding steroid dienone is 1. The lowest BCUT2D eigenvalue weighted by Gasteiger charge is -2.14. The number of carbonyl (C=O) groups excluding carboxylic acids is 1. The second kappa shape index (κ2) is 8.24. The SMILES string of the molecule is COc1cc(-c2cnc3c(c2)C(=CCc2cccnc2)C(=O)N3)cc(OC)c1OC. The molecular weight excluding hydrogens is 382 g/mol. The van der Waals surface area contributed by atoms with Gasteiger partial charge in [0.15, 0.2) is 11.5 Å². The van der Waals surface area contributed by atoms with Gasteiger partial charge in [0.2, 0.25) is 5.75 Å². The number of benzene rings is 1. The number of rotatable bonds is 6. The number of methoxy groups -OCH3 is 3. The molecule has 0 spiro atoms. The zero-order valence-electron chi connectivity index (χ0n) is 16.9. The molecule has 0 saturated carbocycles. The lowest BCUT2D eigenvalue weighted by Crippen LogP contribution is -2.04. The standard InChI is InChI=1S/C23H21N3O4/c1-28-19-10-15(11-20(29-2)21(19)30-3)16-9-18-17(23(27)26-22(18)25-13-16)7-6-14-5-4-8-24-12-14/h4-5,7-13H,6H2,1-3H3,(H,25,26,27). The summed E-state index contributed by atoms with van der Waals surface area (Å²) in [4.78, 5) is 21.1. The van der Waals surface area contributed by atoms with Gasteiger partial charge in [0.25, 0.3) is 5.91 Å². The molecule has 2 aromatic heterocycles. The van der Waals surface area contributed by atoms with Crippen molar-refractivity contribution >= 4 is 17.3 Å². The molecular formula is C23H21N3O4. The van der Waals surface area contributed by atoms with Crippen LogP contribution in [0.2, 0.25) is 0 Å². The minimum absolute atomic E-state index is 0.163. The molecule has 1 N–H and O–H groups in total. The zero-order valence-corrected chi connectivity index (χ0v) is 16.9. The third kappa shape index (κ3) is 3.57. The molecule has 0 atom stereocenters. The molecule has 0 saturated heterocycles. The fourth-order valence-electron chi connectivity index (χ4n) is 3.41. The van der Waals surface area contributed by atoms with Gasteiger partial charge < -0.3 is 19.5 Å². The normalized spacial score (nSPS) is 13.7. The molecule has 1 aliphatic heterocycles. The molecule has 0 unspecified atom stereocenters.